The number of nitrogens with one attached hydrogen (secondary N) is 1. The summed E-state index contributed by atoms with van der Waals surface area (Å²) in [4.78, 5) is 10.1. The molecule has 2 aromatic rings. The van der Waals surface area contributed by atoms with Crippen LogP contribution < -0.4 is 5.32 Å². The number of nitrogens with zero attached hydrogens (tertiary/aromatic N) is 1. The number of nitro benzene ring substituents is 1. The van der Waals surface area contributed by atoms with Crippen LogP contribution in [0.2, 0.25) is 0 Å². The van der Waals surface area contributed by atoms with Gasteiger partial charge in [0, 0.05) is 18.7 Å². The first-order valence-electron chi connectivity index (χ1n) is 5.80. The Morgan fingerprint density at radius 3 is 2.68 bits per heavy atom. The van der Waals surface area contributed by atoms with Crippen LogP contribution in [-0.4, -0.2) is 4.92 Å². The Morgan fingerprint density at radius 1 is 1.26 bits per heavy atom. The molecule has 0 saturated carbocycles. The van der Waals surface area contributed by atoms with Gasteiger partial charge >= 0.3 is 0 Å². The monoisotopic (exact) mass is 260 g/mol. The van der Waals surface area contributed by atoms with Crippen molar-refractivity contribution in [3.63, 3.8) is 0 Å². The molecule has 5 heteroatoms. The molecular formula is C14H13FN2O2. The topological polar surface area (TPSA) is 55.2 Å². The molecule has 2 aromatic carbocycles. The molecule has 0 aromatic heterocycles. The zero-order valence-electron chi connectivity index (χ0n) is 10.4. The fourth-order valence-corrected chi connectivity index (χ4v) is 1.76. The first-order chi connectivity index (χ1) is 9.08. The van der Waals surface area contributed by atoms with Crippen LogP contribution in [0.4, 0.5) is 15.8 Å². The van der Waals surface area contributed by atoms with Crippen molar-refractivity contribution < 1.29 is 9.31 Å². The number of non-ortho nitro benzene ring substituents is 1. The molecule has 0 aliphatic rings. The number of hydrogen-bond acceptors (Lipinski definition) is 3. The molecule has 1 N–H and O–H groups in total. The van der Waals surface area contributed by atoms with E-state index in [1.165, 1.54) is 6.07 Å². The van der Waals surface area contributed by atoms with E-state index in [0.29, 0.717) is 6.54 Å². The van der Waals surface area contributed by atoms with Gasteiger partial charge in [-0.25, -0.2) is 4.39 Å². The Bertz CT molecular complexity index is 614. The van der Waals surface area contributed by atoms with Crippen molar-refractivity contribution >= 4 is 11.4 Å². The summed E-state index contributed by atoms with van der Waals surface area (Å²) < 4.78 is 13.6. The third-order valence-corrected chi connectivity index (χ3v) is 2.89. The molecule has 0 heterocycles. The summed E-state index contributed by atoms with van der Waals surface area (Å²) in [5.41, 5.74) is 2.11. The van der Waals surface area contributed by atoms with E-state index >= 15 is 0 Å². The largest absolute Gasteiger partial charge is 0.378 e. The van der Waals surface area contributed by atoms with Crippen LogP contribution in [0.1, 0.15) is 11.1 Å². The molecule has 0 bridgehead atoms. The van der Waals surface area contributed by atoms with E-state index in [9.17, 15) is 14.5 Å². The molecule has 0 aliphatic carbocycles. The fraction of sp³-hybridized carbons (Fsp3) is 0.143. The van der Waals surface area contributed by atoms with Gasteiger partial charge in [-0.05, 0) is 24.1 Å². The van der Waals surface area contributed by atoms with Gasteiger partial charge in [0.2, 0.25) is 0 Å². The van der Waals surface area contributed by atoms with E-state index in [-0.39, 0.29) is 11.4 Å². The van der Waals surface area contributed by atoms with Crippen LogP contribution in [0.15, 0.2) is 42.5 Å². The minimum absolute atomic E-state index is 0.131. The molecule has 0 fully saturated rings. The molecule has 0 amide bonds. The lowest BCUT2D eigenvalue weighted by molar-refractivity contribution is -0.384. The van der Waals surface area contributed by atoms with Gasteiger partial charge in [0.15, 0.2) is 0 Å². The molecule has 0 unspecified atom stereocenters. The molecule has 98 valence electrons. The second-order valence-corrected chi connectivity index (χ2v) is 4.20. The molecule has 2 rings (SSSR count). The van der Waals surface area contributed by atoms with E-state index in [1.807, 2.05) is 31.2 Å². The summed E-state index contributed by atoms with van der Waals surface area (Å²) in [5.74, 6) is -0.501. The van der Waals surface area contributed by atoms with Crippen LogP contribution in [0.5, 0.6) is 0 Å². The molecule has 0 saturated heterocycles. The van der Waals surface area contributed by atoms with Crippen molar-refractivity contribution in [2.75, 3.05) is 5.32 Å². The highest BCUT2D eigenvalue weighted by atomic mass is 19.1. The molecule has 0 atom stereocenters. The zero-order valence-corrected chi connectivity index (χ0v) is 10.4. The van der Waals surface area contributed by atoms with E-state index in [2.05, 4.69) is 5.32 Å². The number of hydrogen-bond donors (Lipinski definition) is 1. The van der Waals surface area contributed by atoms with Gasteiger partial charge in [-0.15, -0.1) is 0 Å². The Kier molecular flexibility index (Phi) is 3.75. The van der Waals surface area contributed by atoms with Gasteiger partial charge in [-0.3, -0.25) is 10.1 Å². The molecular weight excluding hydrogens is 247 g/mol. The van der Waals surface area contributed by atoms with Crippen molar-refractivity contribution in [1.82, 2.24) is 0 Å². The van der Waals surface area contributed by atoms with Gasteiger partial charge in [-0.2, -0.15) is 0 Å². The Labute approximate surface area is 110 Å². The number of aryl methyl sites for hydroxylation is 1. The van der Waals surface area contributed by atoms with E-state index in [4.69, 9.17) is 0 Å². The number of nitro groups is 1. The second-order valence-electron chi connectivity index (χ2n) is 4.20. The maximum Gasteiger partial charge on any atom is 0.271 e. The quantitative estimate of drug-likeness (QED) is 0.674. The molecule has 19 heavy (non-hydrogen) atoms. The summed E-state index contributed by atoms with van der Waals surface area (Å²) in [6, 6.07) is 11.2. The Hall–Kier alpha value is -2.43. The van der Waals surface area contributed by atoms with Gasteiger partial charge in [0.25, 0.3) is 5.69 Å². The average Bonchev–Trinajstić information content (AvgIpc) is 2.39. The van der Waals surface area contributed by atoms with E-state index in [1.54, 1.807) is 0 Å². The predicted octanol–water partition coefficient (Wildman–Crippen LogP) is 3.65. The normalized spacial score (nSPS) is 10.2. The molecule has 0 aliphatic heterocycles. The third kappa shape index (κ3) is 3.07. The third-order valence-electron chi connectivity index (χ3n) is 2.89. The standard InChI is InChI=1S/C14H13FN2O2/c1-10-4-2-3-5-11(10)9-16-14-8-12(17(18)19)6-7-13(14)15/h2-8,16H,9H2,1H3. The van der Waals surface area contributed by atoms with Crippen LogP contribution in [0.25, 0.3) is 0 Å². The highest BCUT2D eigenvalue weighted by molar-refractivity contribution is 5.52. The van der Waals surface area contributed by atoms with Crippen LogP contribution in [0.3, 0.4) is 0 Å². The Morgan fingerprint density at radius 2 is 2.00 bits per heavy atom. The number of benzene rings is 2. The summed E-state index contributed by atoms with van der Waals surface area (Å²) >= 11 is 0. The number of rotatable bonds is 4. The first-order valence-corrected chi connectivity index (χ1v) is 5.80. The van der Waals surface area contributed by atoms with Crippen molar-refractivity contribution in [1.29, 1.82) is 0 Å². The molecule has 0 radical (unpaired) electrons. The summed E-state index contributed by atoms with van der Waals surface area (Å²) in [5, 5.41) is 13.5. The fourth-order valence-electron chi connectivity index (χ4n) is 1.76. The molecule has 0 spiro atoms. The summed E-state index contributed by atoms with van der Waals surface area (Å²) in [7, 11) is 0. The molecule has 4 nitrogen and oxygen atoms in total. The van der Waals surface area contributed by atoms with Gasteiger partial charge < -0.3 is 5.32 Å². The van der Waals surface area contributed by atoms with Crippen LogP contribution in [0, 0.1) is 22.9 Å². The summed E-state index contributed by atoms with van der Waals surface area (Å²) in [6.07, 6.45) is 0. The average molecular weight is 260 g/mol. The number of anilines is 1. The van der Waals surface area contributed by atoms with Crippen LogP contribution >= 0.6 is 0 Å². The van der Waals surface area contributed by atoms with Crippen molar-refractivity contribution in [3.05, 3.63) is 69.5 Å². The Balaban J connectivity index is 2.17. The minimum Gasteiger partial charge on any atom is -0.378 e. The van der Waals surface area contributed by atoms with Gasteiger partial charge in [0.05, 0.1) is 10.6 Å². The van der Waals surface area contributed by atoms with Gasteiger partial charge in [0.1, 0.15) is 5.82 Å². The minimum atomic E-state index is -0.543. The van der Waals surface area contributed by atoms with Crippen molar-refractivity contribution in [2.45, 2.75) is 13.5 Å². The number of halogens is 1. The van der Waals surface area contributed by atoms with Gasteiger partial charge in [-0.1, -0.05) is 24.3 Å². The lowest BCUT2D eigenvalue weighted by atomic mass is 10.1. The van der Waals surface area contributed by atoms with E-state index in [0.717, 1.165) is 23.3 Å². The predicted molar refractivity (Wildman–Crippen MR) is 71.6 cm³/mol. The lowest BCUT2D eigenvalue weighted by Gasteiger charge is -2.09. The van der Waals surface area contributed by atoms with E-state index < -0.39 is 10.7 Å². The maximum absolute atomic E-state index is 13.6. The lowest BCUT2D eigenvalue weighted by Crippen LogP contribution is -2.03. The first kappa shape index (κ1) is 13.0. The smallest absolute Gasteiger partial charge is 0.271 e. The highest BCUT2D eigenvalue weighted by Gasteiger charge is 2.10. The zero-order chi connectivity index (χ0) is 13.8. The van der Waals surface area contributed by atoms with Crippen molar-refractivity contribution in [2.24, 2.45) is 0 Å². The van der Waals surface area contributed by atoms with Crippen molar-refractivity contribution in [3.8, 4) is 0 Å². The second kappa shape index (κ2) is 5.48. The maximum atomic E-state index is 13.6. The highest BCUT2D eigenvalue weighted by Crippen LogP contribution is 2.22. The SMILES string of the molecule is Cc1ccccc1CNc1cc([N+](=O)[O-])ccc1F. The van der Waals surface area contributed by atoms with Crippen LogP contribution in [-0.2, 0) is 6.54 Å². The summed E-state index contributed by atoms with van der Waals surface area (Å²) in [6.45, 7) is 2.38.